The van der Waals surface area contributed by atoms with E-state index in [0.29, 0.717) is 23.9 Å². The van der Waals surface area contributed by atoms with Crippen molar-refractivity contribution in [3.8, 4) is 17.0 Å². The van der Waals surface area contributed by atoms with E-state index in [2.05, 4.69) is 33.6 Å². The highest BCUT2D eigenvalue weighted by Crippen LogP contribution is 2.33. The Labute approximate surface area is 249 Å². The number of nitrogens with one attached hydrogen (secondary N) is 2. The van der Waals surface area contributed by atoms with Gasteiger partial charge in [-0.25, -0.2) is 28.2 Å². The van der Waals surface area contributed by atoms with Crippen LogP contribution >= 0.6 is 0 Å². The molecule has 2 aromatic heterocycles. The van der Waals surface area contributed by atoms with Gasteiger partial charge < -0.3 is 20.1 Å². The molecule has 11 heteroatoms. The highest BCUT2D eigenvalue weighted by Gasteiger charge is 2.25. The molecule has 2 heterocycles. The van der Waals surface area contributed by atoms with Crippen LogP contribution in [0.2, 0.25) is 0 Å². The van der Waals surface area contributed by atoms with E-state index in [1.54, 1.807) is 13.2 Å². The molecule has 0 spiro atoms. The van der Waals surface area contributed by atoms with Crippen molar-refractivity contribution in [3.05, 3.63) is 41.7 Å². The molecule has 0 atom stereocenters. The van der Waals surface area contributed by atoms with E-state index < -0.39 is 15.4 Å². The third-order valence-corrected chi connectivity index (χ3v) is 9.00. The number of anilines is 1. The minimum Gasteiger partial charge on any atom is -0.481 e. The Kier molecular flexibility index (Phi) is 9.91. The van der Waals surface area contributed by atoms with Crippen molar-refractivity contribution < 1.29 is 22.7 Å². The number of nitrogens with zero attached hydrogens (tertiary/aromatic N) is 3. The monoisotopic (exact) mass is 597 g/mol. The van der Waals surface area contributed by atoms with Crippen LogP contribution < -0.4 is 15.4 Å². The molecular weight excluding hydrogens is 554 g/mol. The van der Waals surface area contributed by atoms with E-state index in [4.69, 9.17) is 14.5 Å². The predicted octanol–water partition coefficient (Wildman–Crippen LogP) is 5.84. The number of sulfone groups is 1. The SMILES string of the molecule is CCCS(=O)(=O)Cc1ccc(-c2cc(CC)c3nc(NC4CCC(NC(=O)OC(C)(C)C)CC4)ncc3c2)c(OC)n1. The van der Waals surface area contributed by atoms with Gasteiger partial charge in [-0.3, -0.25) is 0 Å². The van der Waals surface area contributed by atoms with Crippen LogP contribution in [0.1, 0.15) is 78.0 Å². The zero-order chi connectivity index (χ0) is 30.5. The van der Waals surface area contributed by atoms with Gasteiger partial charge in [0.15, 0.2) is 9.84 Å². The number of methoxy groups -OCH3 is 1. The molecule has 0 saturated heterocycles. The second-order valence-corrected chi connectivity index (χ2v) is 14.1. The molecule has 2 N–H and O–H groups in total. The summed E-state index contributed by atoms with van der Waals surface area (Å²) in [6, 6.07) is 8.04. The number of carbonyl (C=O) groups excluding carboxylic acids is 1. The Hall–Kier alpha value is -3.47. The van der Waals surface area contributed by atoms with E-state index in [9.17, 15) is 13.2 Å². The van der Waals surface area contributed by atoms with Crippen molar-refractivity contribution in [1.82, 2.24) is 20.3 Å². The minimum atomic E-state index is -3.22. The topological polar surface area (TPSA) is 132 Å². The van der Waals surface area contributed by atoms with Gasteiger partial charge in [0, 0.05) is 29.2 Å². The van der Waals surface area contributed by atoms with Gasteiger partial charge in [-0.05, 0) is 94.7 Å². The van der Waals surface area contributed by atoms with Crippen molar-refractivity contribution in [2.45, 2.75) is 96.6 Å². The lowest BCUT2D eigenvalue weighted by molar-refractivity contribution is 0.0492. The van der Waals surface area contributed by atoms with Crippen LogP contribution in [0.5, 0.6) is 5.88 Å². The molecule has 0 unspecified atom stereocenters. The van der Waals surface area contributed by atoms with Gasteiger partial charge in [-0.1, -0.05) is 13.8 Å². The molecule has 3 aromatic rings. The second-order valence-electron chi connectivity index (χ2n) is 11.9. The number of hydrogen-bond donors (Lipinski definition) is 2. The van der Waals surface area contributed by atoms with Crippen molar-refractivity contribution in [1.29, 1.82) is 0 Å². The first-order valence-corrected chi connectivity index (χ1v) is 16.5. The molecule has 1 aliphatic rings. The van der Waals surface area contributed by atoms with Crippen LogP contribution in [0.3, 0.4) is 0 Å². The standard InChI is InChI=1S/C31H43N5O5S/c1-7-15-42(38,39)19-25-13-14-26(28(33-25)40-6)21-16-20(8-2)27-22(17-21)18-32-29(36-27)34-23-9-11-24(12-10-23)35-30(37)41-31(3,4)5/h13-14,16-18,23-24H,7-12,15,19H2,1-6H3,(H,35,37)(H,32,34,36). The lowest BCUT2D eigenvalue weighted by Gasteiger charge is -2.30. The fourth-order valence-corrected chi connectivity index (χ4v) is 6.67. The van der Waals surface area contributed by atoms with Gasteiger partial charge in [0.05, 0.1) is 29.8 Å². The summed E-state index contributed by atoms with van der Waals surface area (Å²) in [6.07, 6.45) is 6.30. The number of alkyl carbamates (subject to hydrolysis) is 1. The number of hydrogen-bond acceptors (Lipinski definition) is 9. The largest absolute Gasteiger partial charge is 0.481 e. The third-order valence-electron chi connectivity index (χ3n) is 7.23. The van der Waals surface area contributed by atoms with E-state index in [1.165, 1.54) is 0 Å². The zero-order valence-electron chi connectivity index (χ0n) is 25.5. The smallest absolute Gasteiger partial charge is 0.407 e. The third kappa shape index (κ3) is 8.30. The maximum atomic E-state index is 12.3. The van der Waals surface area contributed by atoms with Crippen LogP contribution in [-0.4, -0.2) is 60.0 Å². The lowest BCUT2D eigenvalue weighted by Crippen LogP contribution is -2.42. The number of ether oxygens (including phenoxy) is 2. The van der Waals surface area contributed by atoms with Gasteiger partial charge in [0.25, 0.3) is 0 Å². The summed E-state index contributed by atoms with van der Waals surface area (Å²) >= 11 is 0. The molecule has 1 aromatic carbocycles. The summed E-state index contributed by atoms with van der Waals surface area (Å²) in [5, 5.41) is 7.37. The summed E-state index contributed by atoms with van der Waals surface area (Å²) in [5.41, 5.74) is 3.59. The van der Waals surface area contributed by atoms with E-state index in [1.807, 2.05) is 46.0 Å². The number of rotatable bonds is 10. The quantitative estimate of drug-likeness (QED) is 0.296. The van der Waals surface area contributed by atoms with Gasteiger partial charge in [0.1, 0.15) is 5.60 Å². The molecule has 4 rings (SSSR count). The van der Waals surface area contributed by atoms with E-state index in [-0.39, 0.29) is 29.7 Å². The number of carbonyl (C=O) groups is 1. The molecule has 1 fully saturated rings. The van der Waals surface area contributed by atoms with Gasteiger partial charge in [0.2, 0.25) is 11.8 Å². The number of aromatic nitrogens is 3. The van der Waals surface area contributed by atoms with Crippen molar-refractivity contribution >= 4 is 32.8 Å². The number of benzene rings is 1. The van der Waals surface area contributed by atoms with Crippen LogP contribution in [0.15, 0.2) is 30.5 Å². The number of pyridine rings is 1. The normalized spacial score (nSPS) is 17.6. The molecule has 1 amide bonds. The molecule has 42 heavy (non-hydrogen) atoms. The lowest BCUT2D eigenvalue weighted by atomic mass is 9.91. The van der Waals surface area contributed by atoms with E-state index >= 15 is 0 Å². The van der Waals surface area contributed by atoms with Crippen molar-refractivity contribution in [2.24, 2.45) is 0 Å². The van der Waals surface area contributed by atoms with Gasteiger partial charge >= 0.3 is 6.09 Å². The fraction of sp³-hybridized carbons (Fsp3) is 0.548. The first kappa shape index (κ1) is 31.5. The van der Waals surface area contributed by atoms with Gasteiger partial charge in [-0.2, -0.15) is 0 Å². The van der Waals surface area contributed by atoms with Crippen molar-refractivity contribution in [3.63, 3.8) is 0 Å². The zero-order valence-corrected chi connectivity index (χ0v) is 26.3. The molecule has 10 nitrogen and oxygen atoms in total. The maximum Gasteiger partial charge on any atom is 0.407 e. The Morgan fingerprint density at radius 3 is 2.40 bits per heavy atom. The Bertz CT molecular complexity index is 1510. The first-order valence-electron chi connectivity index (χ1n) is 14.7. The minimum absolute atomic E-state index is 0.0989. The van der Waals surface area contributed by atoms with Crippen LogP contribution in [-0.2, 0) is 26.7 Å². The van der Waals surface area contributed by atoms with Crippen LogP contribution in [0.25, 0.3) is 22.0 Å². The highest BCUT2D eigenvalue weighted by atomic mass is 32.2. The molecule has 228 valence electrons. The summed E-state index contributed by atoms with van der Waals surface area (Å²) in [6.45, 7) is 9.51. The number of aryl methyl sites for hydroxylation is 1. The highest BCUT2D eigenvalue weighted by molar-refractivity contribution is 7.90. The average Bonchev–Trinajstić information content (AvgIpc) is 2.92. The second kappa shape index (κ2) is 13.2. The molecule has 0 radical (unpaired) electrons. The summed E-state index contributed by atoms with van der Waals surface area (Å²) in [5.74, 6) is 0.995. The molecule has 1 aliphatic carbocycles. The number of fused-ring (bicyclic) bond motifs is 1. The Morgan fingerprint density at radius 2 is 1.76 bits per heavy atom. The predicted molar refractivity (Wildman–Crippen MR) is 166 cm³/mol. The van der Waals surface area contributed by atoms with Gasteiger partial charge in [-0.15, -0.1) is 0 Å². The molecule has 1 saturated carbocycles. The number of amides is 1. The van der Waals surface area contributed by atoms with Crippen LogP contribution in [0, 0.1) is 0 Å². The summed E-state index contributed by atoms with van der Waals surface area (Å²) in [4.78, 5) is 26.1. The average molecular weight is 598 g/mol. The molecule has 0 aliphatic heterocycles. The Balaban J connectivity index is 1.48. The van der Waals surface area contributed by atoms with Crippen LogP contribution in [0.4, 0.5) is 10.7 Å². The summed E-state index contributed by atoms with van der Waals surface area (Å²) in [7, 11) is -1.68. The van der Waals surface area contributed by atoms with E-state index in [0.717, 1.165) is 59.7 Å². The summed E-state index contributed by atoms with van der Waals surface area (Å²) < 4.78 is 35.6. The molecular formula is C31H43N5O5S. The fourth-order valence-electron chi connectivity index (χ4n) is 5.30. The first-order chi connectivity index (χ1) is 19.9. The molecule has 0 bridgehead atoms. The maximum absolute atomic E-state index is 12.3. The van der Waals surface area contributed by atoms with Crippen molar-refractivity contribution in [2.75, 3.05) is 18.2 Å². The Morgan fingerprint density at radius 1 is 1.05 bits per heavy atom.